The van der Waals surface area contributed by atoms with Crippen LogP contribution in [0, 0.1) is 10.5 Å². The summed E-state index contributed by atoms with van der Waals surface area (Å²) in [6.45, 7) is 1.99. The van der Waals surface area contributed by atoms with Crippen molar-refractivity contribution in [2.45, 2.75) is 6.92 Å². The van der Waals surface area contributed by atoms with E-state index in [2.05, 4.69) is 32.7 Å². The molecule has 2 heterocycles. The third-order valence-electron chi connectivity index (χ3n) is 2.44. The summed E-state index contributed by atoms with van der Waals surface area (Å²) < 4.78 is 7.96. The molecule has 19 heavy (non-hydrogen) atoms. The van der Waals surface area contributed by atoms with Gasteiger partial charge in [0, 0.05) is 12.3 Å². The van der Waals surface area contributed by atoms with Crippen molar-refractivity contribution in [2.75, 3.05) is 0 Å². The Morgan fingerprint density at radius 2 is 2.21 bits per heavy atom. The minimum absolute atomic E-state index is 0.213. The van der Waals surface area contributed by atoms with Crippen LogP contribution >= 0.6 is 33.9 Å². The van der Waals surface area contributed by atoms with Crippen molar-refractivity contribution in [1.82, 2.24) is 14.6 Å². The van der Waals surface area contributed by atoms with Gasteiger partial charge in [-0.2, -0.15) is 4.52 Å². The predicted octanol–water partition coefficient (Wildman–Crippen LogP) is 2.86. The summed E-state index contributed by atoms with van der Waals surface area (Å²) in [6.07, 6.45) is 1.47. The van der Waals surface area contributed by atoms with Crippen molar-refractivity contribution in [2.24, 2.45) is 0 Å². The third kappa shape index (κ3) is 2.47. The molecule has 0 saturated heterocycles. The molecule has 1 aromatic carbocycles. The van der Waals surface area contributed by atoms with Gasteiger partial charge in [-0.05, 0) is 58.5 Å². The smallest absolute Gasteiger partial charge is 0.300 e. The largest absolute Gasteiger partial charge is 0.429 e. The highest BCUT2D eigenvalue weighted by molar-refractivity contribution is 14.1. The second-order valence-corrected chi connectivity index (χ2v) is 5.96. The fourth-order valence-corrected chi connectivity index (χ4v) is 2.74. The number of benzene rings is 1. The number of fused-ring (bicyclic) bond motifs is 1. The zero-order valence-electron chi connectivity index (χ0n) is 9.83. The molecule has 0 saturated carbocycles. The van der Waals surface area contributed by atoms with Gasteiger partial charge in [0.15, 0.2) is 0 Å². The fraction of sp³-hybridized carbons (Fsp3) is 0.0833. The molecule has 0 amide bonds. The standard InChI is InChI=1S/C12H8IN3O2S/c1-7-2-3-8(13)9(6-7)18-12-15-16-10(17)4-5-14-11(16)19-12/h2-6H,1H3. The number of hydrogen-bond acceptors (Lipinski definition) is 5. The minimum Gasteiger partial charge on any atom is -0.429 e. The Kier molecular flexibility index (Phi) is 3.23. The minimum atomic E-state index is -0.213. The molecule has 0 unspecified atom stereocenters. The van der Waals surface area contributed by atoms with Crippen LogP contribution in [0.2, 0.25) is 0 Å². The average molecular weight is 385 g/mol. The van der Waals surface area contributed by atoms with Crippen LogP contribution in [0.5, 0.6) is 10.9 Å². The molecule has 5 nitrogen and oxygen atoms in total. The SMILES string of the molecule is Cc1ccc(I)c(Oc2nn3c(=O)ccnc3s2)c1. The van der Waals surface area contributed by atoms with E-state index >= 15 is 0 Å². The zero-order valence-corrected chi connectivity index (χ0v) is 12.8. The number of ether oxygens (including phenoxy) is 1. The molecule has 96 valence electrons. The number of halogens is 1. The van der Waals surface area contributed by atoms with E-state index < -0.39 is 0 Å². The van der Waals surface area contributed by atoms with Crippen LogP contribution in [0.1, 0.15) is 5.56 Å². The van der Waals surface area contributed by atoms with Gasteiger partial charge in [-0.3, -0.25) is 4.79 Å². The van der Waals surface area contributed by atoms with Crippen LogP contribution < -0.4 is 10.3 Å². The Labute approximate surface area is 126 Å². The van der Waals surface area contributed by atoms with Gasteiger partial charge in [-0.15, -0.1) is 5.10 Å². The molecular weight excluding hydrogens is 377 g/mol. The normalized spacial score (nSPS) is 10.8. The predicted molar refractivity (Wildman–Crippen MR) is 81.1 cm³/mol. The molecule has 0 radical (unpaired) electrons. The summed E-state index contributed by atoms with van der Waals surface area (Å²) in [5.41, 5.74) is 0.891. The molecular formula is C12H8IN3O2S. The Morgan fingerprint density at radius 1 is 1.37 bits per heavy atom. The maximum Gasteiger partial charge on any atom is 0.300 e. The lowest BCUT2D eigenvalue weighted by atomic mass is 10.2. The lowest BCUT2D eigenvalue weighted by Crippen LogP contribution is -2.12. The Morgan fingerprint density at radius 3 is 3.00 bits per heavy atom. The molecule has 0 fully saturated rings. The van der Waals surface area contributed by atoms with Crippen LogP contribution in [-0.2, 0) is 0 Å². The third-order valence-corrected chi connectivity index (χ3v) is 4.13. The first-order valence-corrected chi connectivity index (χ1v) is 7.32. The van der Waals surface area contributed by atoms with Crippen LogP contribution in [0.3, 0.4) is 0 Å². The molecule has 7 heteroatoms. The van der Waals surface area contributed by atoms with E-state index in [4.69, 9.17) is 4.74 Å². The maximum atomic E-state index is 11.6. The summed E-state index contributed by atoms with van der Waals surface area (Å²) in [5, 5.41) is 4.52. The molecule has 0 spiro atoms. The van der Waals surface area contributed by atoms with Crippen molar-refractivity contribution in [3.05, 3.63) is 49.9 Å². The lowest BCUT2D eigenvalue weighted by molar-refractivity contribution is 0.466. The number of rotatable bonds is 2. The Bertz CT molecular complexity index is 812. The Balaban J connectivity index is 2.04. The maximum absolute atomic E-state index is 11.6. The second-order valence-electron chi connectivity index (χ2n) is 3.88. The van der Waals surface area contributed by atoms with E-state index in [0.717, 1.165) is 14.9 Å². The molecule has 0 bridgehead atoms. The topological polar surface area (TPSA) is 56.5 Å². The first-order valence-electron chi connectivity index (χ1n) is 5.42. The van der Waals surface area contributed by atoms with Gasteiger partial charge in [0.2, 0.25) is 4.96 Å². The van der Waals surface area contributed by atoms with E-state index in [1.54, 1.807) is 0 Å². The highest BCUT2D eigenvalue weighted by Crippen LogP contribution is 2.29. The van der Waals surface area contributed by atoms with Crippen molar-refractivity contribution in [3.63, 3.8) is 0 Å². The van der Waals surface area contributed by atoms with Crippen LogP contribution in [0.25, 0.3) is 4.96 Å². The molecule has 0 aliphatic carbocycles. The molecule has 0 aliphatic rings. The van der Waals surface area contributed by atoms with Crippen molar-refractivity contribution in [1.29, 1.82) is 0 Å². The van der Waals surface area contributed by atoms with Gasteiger partial charge in [-0.1, -0.05) is 6.07 Å². The van der Waals surface area contributed by atoms with Crippen molar-refractivity contribution >= 4 is 38.9 Å². The van der Waals surface area contributed by atoms with E-state index in [9.17, 15) is 4.79 Å². The van der Waals surface area contributed by atoms with Gasteiger partial charge >= 0.3 is 0 Å². The highest BCUT2D eigenvalue weighted by atomic mass is 127. The summed E-state index contributed by atoms with van der Waals surface area (Å²) in [7, 11) is 0. The van der Waals surface area contributed by atoms with Gasteiger partial charge in [0.25, 0.3) is 10.8 Å². The number of aryl methyl sites for hydroxylation is 1. The van der Waals surface area contributed by atoms with Gasteiger partial charge in [0.1, 0.15) is 5.75 Å². The van der Waals surface area contributed by atoms with Gasteiger partial charge < -0.3 is 4.74 Å². The number of nitrogens with zero attached hydrogens (tertiary/aromatic N) is 3. The average Bonchev–Trinajstić information content (AvgIpc) is 2.78. The monoisotopic (exact) mass is 385 g/mol. The second kappa shape index (κ2) is 4.89. The molecule has 0 aliphatic heterocycles. The molecule has 0 atom stereocenters. The van der Waals surface area contributed by atoms with Crippen molar-refractivity contribution < 1.29 is 4.74 Å². The number of hydrogen-bond donors (Lipinski definition) is 0. The summed E-state index contributed by atoms with van der Waals surface area (Å²) in [6, 6.07) is 7.29. The summed E-state index contributed by atoms with van der Waals surface area (Å²) in [4.78, 5) is 16.2. The fourth-order valence-electron chi connectivity index (χ4n) is 1.55. The summed E-state index contributed by atoms with van der Waals surface area (Å²) in [5.74, 6) is 0.729. The lowest BCUT2D eigenvalue weighted by Gasteiger charge is -2.04. The molecule has 2 aromatic heterocycles. The molecule has 0 N–H and O–H groups in total. The first-order chi connectivity index (χ1) is 9.13. The van der Waals surface area contributed by atoms with Gasteiger partial charge in [0.05, 0.1) is 3.57 Å². The van der Waals surface area contributed by atoms with E-state index in [-0.39, 0.29) is 5.56 Å². The Hall–Kier alpha value is -1.48. The van der Waals surface area contributed by atoms with Crippen LogP contribution in [0.4, 0.5) is 0 Å². The number of aromatic nitrogens is 3. The van der Waals surface area contributed by atoms with E-state index in [1.807, 2.05) is 25.1 Å². The molecule has 3 aromatic rings. The molecule has 3 rings (SSSR count). The van der Waals surface area contributed by atoms with E-state index in [1.165, 1.54) is 28.1 Å². The highest BCUT2D eigenvalue weighted by Gasteiger charge is 2.10. The van der Waals surface area contributed by atoms with Crippen LogP contribution in [-0.4, -0.2) is 14.6 Å². The first kappa shape index (κ1) is 12.5. The van der Waals surface area contributed by atoms with E-state index in [0.29, 0.717) is 10.2 Å². The van der Waals surface area contributed by atoms with Crippen LogP contribution in [0.15, 0.2) is 35.3 Å². The van der Waals surface area contributed by atoms with Gasteiger partial charge in [-0.25, -0.2) is 4.98 Å². The zero-order chi connectivity index (χ0) is 13.4. The van der Waals surface area contributed by atoms with Crippen molar-refractivity contribution in [3.8, 4) is 10.9 Å². The quantitative estimate of drug-likeness (QED) is 0.637. The summed E-state index contributed by atoms with van der Waals surface area (Å²) >= 11 is 3.43.